The van der Waals surface area contributed by atoms with E-state index in [2.05, 4.69) is 22.0 Å². The van der Waals surface area contributed by atoms with Gasteiger partial charge in [-0.05, 0) is 39.8 Å². The Balaban J connectivity index is 1.59. The number of hydrogen-bond acceptors (Lipinski definition) is 5. The molecule has 5 nitrogen and oxygen atoms in total. The molecule has 0 aliphatic carbocycles. The van der Waals surface area contributed by atoms with E-state index in [1.54, 1.807) is 0 Å². The first kappa shape index (κ1) is 14.9. The first-order valence-corrected chi connectivity index (χ1v) is 7.78. The predicted molar refractivity (Wildman–Crippen MR) is 82.5 cm³/mol. The number of aryl methyl sites for hydroxylation is 1. The summed E-state index contributed by atoms with van der Waals surface area (Å²) in [7, 11) is 0. The lowest BCUT2D eigenvalue weighted by atomic mass is 9.88. The number of rotatable bonds is 4. The molecular weight excluding hydrogens is 278 g/mol. The maximum Gasteiger partial charge on any atom is 0.243 e. The zero-order chi connectivity index (χ0) is 15.5. The van der Waals surface area contributed by atoms with Crippen LogP contribution in [0.15, 0.2) is 34.9 Å². The van der Waals surface area contributed by atoms with Crippen LogP contribution >= 0.6 is 0 Å². The molecule has 22 heavy (non-hydrogen) atoms. The lowest BCUT2D eigenvalue weighted by Gasteiger charge is -2.33. The van der Waals surface area contributed by atoms with Crippen LogP contribution in [-0.2, 0) is 0 Å². The van der Waals surface area contributed by atoms with Gasteiger partial charge in [0.05, 0.1) is 6.04 Å². The van der Waals surface area contributed by atoms with E-state index in [1.807, 2.05) is 37.3 Å². The normalized spacial score (nSPS) is 18.3. The van der Waals surface area contributed by atoms with E-state index in [0.29, 0.717) is 11.7 Å². The van der Waals surface area contributed by atoms with Crippen molar-refractivity contribution >= 4 is 5.78 Å². The Bertz CT molecular complexity index is 630. The van der Waals surface area contributed by atoms with Gasteiger partial charge in [0.1, 0.15) is 0 Å². The predicted octanol–water partition coefficient (Wildman–Crippen LogP) is 3.03. The van der Waals surface area contributed by atoms with Crippen molar-refractivity contribution in [3.8, 4) is 0 Å². The van der Waals surface area contributed by atoms with Gasteiger partial charge in [0, 0.05) is 11.5 Å². The summed E-state index contributed by atoms with van der Waals surface area (Å²) in [6.07, 6.45) is 1.76. The maximum absolute atomic E-state index is 12.5. The number of nitrogens with zero attached hydrogens (tertiary/aromatic N) is 3. The molecule has 1 aliphatic rings. The molecule has 1 unspecified atom stereocenters. The molecule has 0 spiro atoms. The summed E-state index contributed by atoms with van der Waals surface area (Å²) >= 11 is 0. The van der Waals surface area contributed by atoms with Gasteiger partial charge in [-0.3, -0.25) is 9.69 Å². The topological polar surface area (TPSA) is 59.2 Å². The molecular formula is C17H21N3O2. The Morgan fingerprint density at radius 3 is 2.55 bits per heavy atom. The third kappa shape index (κ3) is 3.09. The van der Waals surface area contributed by atoms with Crippen molar-refractivity contribution in [1.29, 1.82) is 0 Å². The number of ketones is 1. The molecule has 2 heterocycles. The highest BCUT2D eigenvalue weighted by Gasteiger charge is 2.29. The number of piperidine rings is 1. The van der Waals surface area contributed by atoms with Crippen LogP contribution in [-0.4, -0.2) is 33.9 Å². The fraction of sp³-hybridized carbons (Fsp3) is 0.471. The number of benzene rings is 1. The van der Waals surface area contributed by atoms with Gasteiger partial charge in [-0.2, -0.15) is 4.98 Å². The van der Waals surface area contributed by atoms with E-state index in [1.165, 1.54) is 0 Å². The number of carbonyl (C=O) groups is 1. The fourth-order valence-corrected chi connectivity index (χ4v) is 3.03. The minimum atomic E-state index is 0.106. The third-order valence-corrected chi connectivity index (χ3v) is 4.41. The first-order chi connectivity index (χ1) is 10.6. The van der Waals surface area contributed by atoms with Crippen LogP contribution in [0.2, 0.25) is 0 Å². The molecule has 116 valence electrons. The molecule has 0 amide bonds. The van der Waals surface area contributed by atoms with Gasteiger partial charge in [-0.15, -0.1) is 0 Å². The maximum atomic E-state index is 12.5. The molecule has 2 aromatic rings. The summed E-state index contributed by atoms with van der Waals surface area (Å²) in [4.78, 5) is 19.1. The highest BCUT2D eigenvalue weighted by molar-refractivity contribution is 5.97. The van der Waals surface area contributed by atoms with Crippen LogP contribution in [0.25, 0.3) is 0 Å². The minimum absolute atomic E-state index is 0.106. The average molecular weight is 299 g/mol. The van der Waals surface area contributed by atoms with Crippen LogP contribution in [0.4, 0.5) is 0 Å². The molecule has 0 bridgehead atoms. The smallest absolute Gasteiger partial charge is 0.243 e. The largest absolute Gasteiger partial charge is 0.338 e. The standard InChI is InChI=1S/C17H21N3O2/c1-12(17-18-13(2)19-22-17)20-10-8-15(9-11-20)16(21)14-6-4-3-5-7-14/h3-7,12,15H,8-11H2,1-2H3. The SMILES string of the molecule is Cc1noc(C(C)N2CCC(C(=O)c3ccccc3)CC2)n1. The van der Waals surface area contributed by atoms with Crippen molar-refractivity contribution in [1.82, 2.24) is 15.0 Å². The van der Waals surface area contributed by atoms with Gasteiger partial charge in [0.15, 0.2) is 11.6 Å². The lowest BCUT2D eigenvalue weighted by Crippen LogP contribution is -2.38. The van der Waals surface area contributed by atoms with E-state index in [0.717, 1.165) is 31.5 Å². The molecule has 1 fully saturated rings. The number of Topliss-reactive ketones (excluding diaryl/α,β-unsaturated/α-hetero) is 1. The van der Waals surface area contributed by atoms with Gasteiger partial charge in [-0.1, -0.05) is 35.5 Å². The quantitative estimate of drug-likeness (QED) is 0.812. The average Bonchev–Trinajstić information content (AvgIpc) is 3.01. The summed E-state index contributed by atoms with van der Waals surface area (Å²) in [6.45, 7) is 5.66. The monoisotopic (exact) mass is 299 g/mol. The summed E-state index contributed by atoms with van der Waals surface area (Å²) in [5.74, 6) is 1.71. The molecule has 1 saturated heterocycles. The highest BCUT2D eigenvalue weighted by Crippen LogP contribution is 2.27. The van der Waals surface area contributed by atoms with Crippen LogP contribution in [0.5, 0.6) is 0 Å². The Morgan fingerprint density at radius 2 is 1.95 bits per heavy atom. The van der Waals surface area contributed by atoms with Gasteiger partial charge in [0.2, 0.25) is 5.89 Å². The molecule has 0 N–H and O–H groups in total. The van der Waals surface area contributed by atoms with Crippen molar-refractivity contribution in [2.75, 3.05) is 13.1 Å². The van der Waals surface area contributed by atoms with Crippen LogP contribution in [0.1, 0.15) is 47.9 Å². The summed E-state index contributed by atoms with van der Waals surface area (Å²) < 4.78 is 5.25. The van der Waals surface area contributed by atoms with E-state index in [9.17, 15) is 4.79 Å². The summed E-state index contributed by atoms with van der Waals surface area (Å²) in [5.41, 5.74) is 0.821. The van der Waals surface area contributed by atoms with Gasteiger partial charge < -0.3 is 4.52 Å². The van der Waals surface area contributed by atoms with Crippen molar-refractivity contribution in [3.05, 3.63) is 47.6 Å². The lowest BCUT2D eigenvalue weighted by molar-refractivity contribution is 0.0774. The summed E-state index contributed by atoms with van der Waals surface area (Å²) in [5, 5.41) is 3.85. The number of aromatic nitrogens is 2. The Hall–Kier alpha value is -2.01. The molecule has 1 atom stereocenters. The number of hydrogen-bond donors (Lipinski definition) is 0. The van der Waals surface area contributed by atoms with E-state index >= 15 is 0 Å². The Kier molecular flexibility index (Phi) is 4.34. The van der Waals surface area contributed by atoms with Crippen LogP contribution in [0, 0.1) is 12.8 Å². The Labute approximate surface area is 130 Å². The third-order valence-electron chi connectivity index (χ3n) is 4.41. The molecule has 1 aromatic carbocycles. The van der Waals surface area contributed by atoms with Crippen molar-refractivity contribution < 1.29 is 9.32 Å². The van der Waals surface area contributed by atoms with E-state index in [-0.39, 0.29) is 17.7 Å². The Morgan fingerprint density at radius 1 is 1.27 bits per heavy atom. The van der Waals surface area contributed by atoms with Crippen molar-refractivity contribution in [2.45, 2.75) is 32.7 Å². The highest BCUT2D eigenvalue weighted by atomic mass is 16.5. The minimum Gasteiger partial charge on any atom is -0.338 e. The fourth-order valence-electron chi connectivity index (χ4n) is 3.03. The second-order valence-electron chi connectivity index (χ2n) is 5.90. The van der Waals surface area contributed by atoms with Crippen molar-refractivity contribution in [3.63, 3.8) is 0 Å². The number of likely N-dealkylation sites (tertiary alicyclic amines) is 1. The molecule has 1 aliphatic heterocycles. The van der Waals surface area contributed by atoms with E-state index in [4.69, 9.17) is 4.52 Å². The molecule has 1 aromatic heterocycles. The number of carbonyl (C=O) groups excluding carboxylic acids is 1. The van der Waals surface area contributed by atoms with Crippen LogP contribution in [0.3, 0.4) is 0 Å². The zero-order valence-electron chi connectivity index (χ0n) is 13.0. The molecule has 5 heteroatoms. The zero-order valence-corrected chi connectivity index (χ0v) is 13.0. The molecule has 0 radical (unpaired) electrons. The van der Waals surface area contributed by atoms with Gasteiger partial charge in [-0.25, -0.2) is 0 Å². The molecule has 0 saturated carbocycles. The van der Waals surface area contributed by atoms with Gasteiger partial charge >= 0.3 is 0 Å². The van der Waals surface area contributed by atoms with E-state index < -0.39 is 0 Å². The molecule has 3 rings (SSSR count). The second-order valence-corrected chi connectivity index (χ2v) is 5.90. The van der Waals surface area contributed by atoms with Crippen LogP contribution < -0.4 is 0 Å². The van der Waals surface area contributed by atoms with Crippen molar-refractivity contribution in [2.24, 2.45) is 5.92 Å². The second kappa shape index (κ2) is 6.40. The first-order valence-electron chi connectivity index (χ1n) is 7.78. The summed E-state index contributed by atoms with van der Waals surface area (Å²) in [6, 6.07) is 9.68. The van der Waals surface area contributed by atoms with Gasteiger partial charge in [0.25, 0.3) is 0 Å².